The van der Waals surface area contributed by atoms with E-state index < -0.39 is 18.2 Å². The number of aromatic hydroxyl groups is 1. The molecule has 0 spiro atoms. The van der Waals surface area contributed by atoms with Crippen LogP contribution in [0.3, 0.4) is 0 Å². The van der Waals surface area contributed by atoms with Gasteiger partial charge in [-0.1, -0.05) is 36.4 Å². The minimum atomic E-state index is -1.49. The summed E-state index contributed by atoms with van der Waals surface area (Å²) in [5, 5.41) is 21.3. The van der Waals surface area contributed by atoms with E-state index in [0.29, 0.717) is 28.3 Å². The number of carboxylic acids is 1. The van der Waals surface area contributed by atoms with E-state index in [9.17, 15) is 14.7 Å². The summed E-state index contributed by atoms with van der Waals surface area (Å²) >= 11 is 0. The van der Waals surface area contributed by atoms with Gasteiger partial charge < -0.3 is 25.0 Å². The number of phenolic OH excluding ortho intramolecular Hbond substituents is 1. The lowest BCUT2D eigenvalue weighted by atomic mass is 9.84. The van der Waals surface area contributed by atoms with E-state index in [1.807, 2.05) is 0 Å². The Hall–Kier alpha value is -4.00. The first kappa shape index (κ1) is 18.4. The maximum atomic E-state index is 13.3. The van der Waals surface area contributed by atoms with Gasteiger partial charge in [-0.3, -0.25) is 4.79 Å². The van der Waals surface area contributed by atoms with E-state index in [1.54, 1.807) is 60.7 Å². The number of anilines is 1. The molecule has 0 bridgehead atoms. The number of hydrogen-bond acceptors (Lipinski definition) is 5. The summed E-state index contributed by atoms with van der Waals surface area (Å²) in [6, 6.07) is 19.8. The number of phenols is 1. The van der Waals surface area contributed by atoms with Crippen LogP contribution in [-0.2, 0) is 15.2 Å². The Morgan fingerprint density at radius 2 is 1.59 bits per heavy atom. The molecule has 4 rings (SSSR count). The standard InChI is InChI=1S/C22H17NO6/c24-16-9-5-14(6-10-16)22(15-7-11-17(12-8-15)28-13-20(25)26)21(27)23-18-3-1-2-4-19(18)29-22/h1-12,24H,13H2,(H,23,27)(H,25,26). The van der Waals surface area contributed by atoms with Gasteiger partial charge in [0.1, 0.15) is 17.2 Å². The van der Waals surface area contributed by atoms with E-state index in [-0.39, 0.29) is 11.7 Å². The highest BCUT2D eigenvalue weighted by atomic mass is 16.5. The van der Waals surface area contributed by atoms with Gasteiger partial charge in [-0.15, -0.1) is 0 Å². The van der Waals surface area contributed by atoms with E-state index in [2.05, 4.69) is 5.32 Å². The SMILES string of the molecule is O=C(O)COc1ccc(C2(c3ccc(O)cc3)Oc3ccccc3NC2=O)cc1. The Balaban J connectivity index is 1.81. The van der Waals surface area contributed by atoms with Crippen LogP contribution in [0.25, 0.3) is 0 Å². The van der Waals surface area contributed by atoms with Crippen molar-refractivity contribution in [1.29, 1.82) is 0 Å². The Morgan fingerprint density at radius 1 is 0.966 bits per heavy atom. The first-order chi connectivity index (χ1) is 14.0. The topological polar surface area (TPSA) is 105 Å². The van der Waals surface area contributed by atoms with Crippen molar-refractivity contribution in [2.75, 3.05) is 11.9 Å². The highest BCUT2D eigenvalue weighted by Gasteiger charge is 2.48. The summed E-state index contributed by atoms with van der Waals surface area (Å²) in [4.78, 5) is 23.9. The van der Waals surface area contributed by atoms with Crippen molar-refractivity contribution in [2.45, 2.75) is 5.60 Å². The third-order valence-corrected chi connectivity index (χ3v) is 4.62. The summed E-state index contributed by atoms with van der Waals surface area (Å²) in [6.45, 7) is -0.465. The normalized spacial score (nSPS) is 17.6. The minimum Gasteiger partial charge on any atom is -0.508 e. The highest BCUT2D eigenvalue weighted by molar-refractivity contribution is 6.03. The molecule has 0 fully saturated rings. The van der Waals surface area contributed by atoms with Crippen molar-refractivity contribution in [3.63, 3.8) is 0 Å². The molecule has 0 radical (unpaired) electrons. The number of aliphatic carboxylic acids is 1. The van der Waals surface area contributed by atoms with Crippen LogP contribution >= 0.6 is 0 Å². The Bertz CT molecular complexity index is 1060. The number of fused-ring (bicyclic) bond motifs is 1. The van der Waals surface area contributed by atoms with Gasteiger partial charge in [0.25, 0.3) is 5.91 Å². The van der Waals surface area contributed by atoms with Gasteiger partial charge in [-0.25, -0.2) is 4.79 Å². The lowest BCUT2D eigenvalue weighted by molar-refractivity contribution is -0.139. The van der Waals surface area contributed by atoms with Crippen LogP contribution in [0.2, 0.25) is 0 Å². The monoisotopic (exact) mass is 391 g/mol. The molecule has 1 unspecified atom stereocenters. The van der Waals surface area contributed by atoms with Crippen molar-refractivity contribution in [3.8, 4) is 17.2 Å². The summed E-state index contributed by atoms with van der Waals surface area (Å²) in [5.74, 6) is -0.541. The first-order valence-corrected chi connectivity index (χ1v) is 8.83. The average Bonchev–Trinajstić information content (AvgIpc) is 2.73. The van der Waals surface area contributed by atoms with Gasteiger partial charge >= 0.3 is 5.97 Å². The second kappa shape index (κ2) is 7.20. The van der Waals surface area contributed by atoms with Gasteiger partial charge in [0, 0.05) is 11.1 Å². The number of rotatable bonds is 5. The molecule has 7 nitrogen and oxygen atoms in total. The molecule has 0 aliphatic carbocycles. The molecule has 1 amide bonds. The number of ether oxygens (including phenoxy) is 2. The van der Waals surface area contributed by atoms with Crippen LogP contribution in [0.1, 0.15) is 11.1 Å². The summed E-state index contributed by atoms with van der Waals surface area (Å²) in [5.41, 5.74) is 0.126. The lowest BCUT2D eigenvalue weighted by Crippen LogP contribution is -2.49. The Labute approximate surface area is 166 Å². The van der Waals surface area contributed by atoms with Crippen molar-refractivity contribution in [2.24, 2.45) is 0 Å². The maximum Gasteiger partial charge on any atom is 0.341 e. The summed E-state index contributed by atoms with van der Waals surface area (Å²) in [6.07, 6.45) is 0. The zero-order valence-corrected chi connectivity index (χ0v) is 15.2. The molecule has 1 aliphatic heterocycles. The van der Waals surface area contributed by atoms with Crippen LogP contribution in [0.4, 0.5) is 5.69 Å². The summed E-state index contributed by atoms with van der Waals surface area (Å²) < 4.78 is 11.4. The van der Waals surface area contributed by atoms with Crippen LogP contribution in [0.5, 0.6) is 17.2 Å². The molecular weight excluding hydrogens is 374 g/mol. The van der Waals surface area contributed by atoms with Gasteiger partial charge in [0.15, 0.2) is 6.61 Å². The number of benzene rings is 3. The first-order valence-electron chi connectivity index (χ1n) is 8.83. The third kappa shape index (κ3) is 3.34. The zero-order valence-electron chi connectivity index (χ0n) is 15.2. The highest BCUT2D eigenvalue weighted by Crippen LogP contribution is 2.43. The molecular formula is C22H17NO6. The van der Waals surface area contributed by atoms with Crippen molar-refractivity contribution in [3.05, 3.63) is 83.9 Å². The number of nitrogens with one attached hydrogen (secondary N) is 1. The van der Waals surface area contributed by atoms with E-state index >= 15 is 0 Å². The maximum absolute atomic E-state index is 13.3. The lowest BCUT2D eigenvalue weighted by Gasteiger charge is -2.38. The average molecular weight is 391 g/mol. The van der Waals surface area contributed by atoms with Crippen molar-refractivity contribution in [1.82, 2.24) is 0 Å². The van der Waals surface area contributed by atoms with Crippen LogP contribution in [-0.4, -0.2) is 28.7 Å². The zero-order chi connectivity index (χ0) is 20.4. The molecule has 0 aromatic heterocycles. The number of amides is 1. The molecule has 0 saturated carbocycles. The molecule has 1 atom stereocenters. The fourth-order valence-electron chi connectivity index (χ4n) is 3.25. The number of hydrogen-bond donors (Lipinski definition) is 3. The molecule has 3 aromatic carbocycles. The molecule has 146 valence electrons. The van der Waals surface area contributed by atoms with Gasteiger partial charge in [0.2, 0.25) is 5.60 Å². The number of carbonyl (C=O) groups is 2. The second-order valence-electron chi connectivity index (χ2n) is 6.49. The molecule has 3 aromatic rings. The fourth-order valence-corrected chi connectivity index (χ4v) is 3.25. The van der Waals surface area contributed by atoms with Crippen LogP contribution in [0, 0.1) is 0 Å². The third-order valence-electron chi connectivity index (χ3n) is 4.62. The Kier molecular flexibility index (Phi) is 4.56. The molecule has 3 N–H and O–H groups in total. The van der Waals surface area contributed by atoms with Gasteiger partial charge in [-0.2, -0.15) is 0 Å². The molecule has 0 saturated heterocycles. The molecule has 1 heterocycles. The predicted octanol–water partition coefficient (Wildman–Crippen LogP) is 3.13. The quantitative estimate of drug-likeness (QED) is 0.617. The van der Waals surface area contributed by atoms with Crippen LogP contribution in [0.15, 0.2) is 72.8 Å². The summed E-state index contributed by atoms with van der Waals surface area (Å²) in [7, 11) is 0. The molecule has 7 heteroatoms. The van der Waals surface area contributed by atoms with Crippen molar-refractivity contribution < 1.29 is 29.3 Å². The van der Waals surface area contributed by atoms with E-state index in [4.69, 9.17) is 14.6 Å². The Morgan fingerprint density at radius 3 is 2.24 bits per heavy atom. The van der Waals surface area contributed by atoms with Crippen molar-refractivity contribution >= 4 is 17.6 Å². The molecule has 1 aliphatic rings. The smallest absolute Gasteiger partial charge is 0.341 e. The van der Waals surface area contributed by atoms with Crippen LogP contribution < -0.4 is 14.8 Å². The van der Waals surface area contributed by atoms with Gasteiger partial charge in [0.05, 0.1) is 5.69 Å². The number of carbonyl (C=O) groups excluding carboxylic acids is 1. The number of carboxylic acid groups (broad SMARTS) is 1. The van der Waals surface area contributed by atoms with Gasteiger partial charge in [-0.05, 0) is 36.4 Å². The van der Waals surface area contributed by atoms with E-state index in [1.165, 1.54) is 12.1 Å². The largest absolute Gasteiger partial charge is 0.508 e. The second-order valence-corrected chi connectivity index (χ2v) is 6.49. The van der Waals surface area contributed by atoms with E-state index in [0.717, 1.165) is 0 Å². The minimum absolute atomic E-state index is 0.0675. The fraction of sp³-hybridized carbons (Fsp3) is 0.0909. The molecule has 29 heavy (non-hydrogen) atoms. The predicted molar refractivity (Wildman–Crippen MR) is 104 cm³/mol. The number of para-hydroxylation sites is 2.